The quantitative estimate of drug-likeness (QED) is 0.137. The lowest BCUT2D eigenvalue weighted by Crippen LogP contribution is -2.59. The molecule has 1 unspecified atom stereocenters. The summed E-state index contributed by atoms with van der Waals surface area (Å²) in [6.07, 6.45) is 2.61. The number of piperidine rings is 1. The molecule has 5 rings (SSSR count). The van der Waals surface area contributed by atoms with Crippen LogP contribution >= 0.6 is 0 Å². The summed E-state index contributed by atoms with van der Waals surface area (Å²) in [6.45, 7) is 10.7. The third kappa shape index (κ3) is 8.25. The lowest BCUT2D eigenvalue weighted by atomic mass is 9.80. The molecule has 2 aromatic heterocycles. The summed E-state index contributed by atoms with van der Waals surface area (Å²) in [5, 5.41) is 13.7. The van der Waals surface area contributed by atoms with Gasteiger partial charge in [0.25, 0.3) is 0 Å². The van der Waals surface area contributed by atoms with Gasteiger partial charge < -0.3 is 35.1 Å². The van der Waals surface area contributed by atoms with Crippen LogP contribution in [0.15, 0.2) is 72.8 Å². The molecular weight excluding hydrogens is 594 g/mol. The third-order valence-electron chi connectivity index (χ3n) is 8.76. The predicted octanol–water partition coefficient (Wildman–Crippen LogP) is 6.64. The van der Waals surface area contributed by atoms with Crippen molar-refractivity contribution in [2.24, 2.45) is 0 Å². The zero-order valence-corrected chi connectivity index (χ0v) is 28.2. The molecule has 250 valence electrons. The van der Waals surface area contributed by atoms with Crippen molar-refractivity contribution in [1.29, 1.82) is 0 Å². The smallest absolute Gasteiger partial charge is 0.160 e. The Kier molecular flexibility index (Phi) is 10.4. The molecule has 47 heavy (non-hydrogen) atoms. The van der Waals surface area contributed by atoms with E-state index in [0.717, 1.165) is 23.4 Å². The van der Waals surface area contributed by atoms with Crippen molar-refractivity contribution in [3.63, 3.8) is 0 Å². The first-order valence-corrected chi connectivity index (χ1v) is 16.0. The summed E-state index contributed by atoms with van der Waals surface area (Å²) in [5.41, 5.74) is 9.12. The van der Waals surface area contributed by atoms with Gasteiger partial charge in [-0.05, 0) is 95.5 Å². The number of nitrogen functional groups attached to an aromatic ring is 1. The molecule has 1 aliphatic heterocycles. The fourth-order valence-corrected chi connectivity index (χ4v) is 6.50. The average Bonchev–Trinajstić information content (AvgIpc) is 3.04. The van der Waals surface area contributed by atoms with Crippen LogP contribution in [0.1, 0.15) is 47.0 Å². The van der Waals surface area contributed by atoms with Crippen LogP contribution in [0.4, 0.5) is 11.6 Å². The molecule has 0 amide bonds. The minimum atomic E-state index is -1.02. The number of aliphatic hydroxyl groups is 1. The Hall–Kier alpha value is -4.54. The van der Waals surface area contributed by atoms with E-state index in [-0.39, 0.29) is 17.7 Å². The highest BCUT2D eigenvalue weighted by Crippen LogP contribution is 2.38. The molecule has 1 atom stereocenters. The molecule has 0 bridgehead atoms. The second kappa shape index (κ2) is 14.5. The molecule has 4 N–H and O–H groups in total. The van der Waals surface area contributed by atoms with Gasteiger partial charge in [-0.3, -0.25) is 4.90 Å². The molecule has 0 spiro atoms. The molecular formula is C37H47N5O5. The van der Waals surface area contributed by atoms with Crippen LogP contribution in [0.25, 0.3) is 22.5 Å². The molecule has 3 heterocycles. The van der Waals surface area contributed by atoms with Crippen molar-refractivity contribution in [3.8, 4) is 45.5 Å². The maximum Gasteiger partial charge on any atom is 0.160 e. The second-order valence-electron chi connectivity index (χ2n) is 13.0. The van der Waals surface area contributed by atoms with Crippen molar-refractivity contribution in [2.75, 3.05) is 45.0 Å². The number of benzene rings is 2. The number of hydrogen-bond donors (Lipinski definition) is 3. The van der Waals surface area contributed by atoms with Gasteiger partial charge in [-0.25, -0.2) is 9.97 Å². The van der Waals surface area contributed by atoms with E-state index in [1.807, 2.05) is 48.5 Å². The van der Waals surface area contributed by atoms with E-state index >= 15 is 0 Å². The summed E-state index contributed by atoms with van der Waals surface area (Å²) in [4.78, 5) is 11.7. The molecule has 0 saturated carbocycles. The molecule has 1 aliphatic rings. The van der Waals surface area contributed by atoms with E-state index in [1.54, 1.807) is 38.5 Å². The maximum absolute atomic E-state index is 10.7. The van der Waals surface area contributed by atoms with Gasteiger partial charge in [0, 0.05) is 40.9 Å². The Bertz CT molecular complexity index is 1640. The van der Waals surface area contributed by atoms with Gasteiger partial charge in [-0.2, -0.15) is 0 Å². The number of ether oxygens (including phenoxy) is 4. The summed E-state index contributed by atoms with van der Waals surface area (Å²) in [6, 6.07) is 22.2. The molecule has 2 aromatic carbocycles. The number of aromatic nitrogens is 2. The highest BCUT2D eigenvalue weighted by molar-refractivity contribution is 5.70. The average molecular weight is 642 g/mol. The number of anilines is 2. The van der Waals surface area contributed by atoms with Crippen LogP contribution < -0.4 is 30.0 Å². The number of methoxy groups -OCH3 is 2. The first-order chi connectivity index (χ1) is 22.5. The molecule has 10 nitrogen and oxygen atoms in total. The maximum atomic E-state index is 10.7. The standard InChI is InChI=1S/C37H47N5O5/c1-36(2)18-9-19-37(3,4)42(36)20-21-46-25-14-16-28(31(22-25)44-5)30-11-8-13-34(40-30)41-35(43)24-47-26-15-17-27(32(23-26)45-6)29-10-7-12-33(38)39-29/h7-8,10-17,22-23,35,43H,9,18-21,24H2,1-6H3,(H2,38,39)(H,40,41). The fraction of sp³-hybridized carbons (Fsp3) is 0.405. The Morgan fingerprint density at radius 2 is 1.38 bits per heavy atom. The molecule has 0 radical (unpaired) electrons. The second-order valence-corrected chi connectivity index (χ2v) is 13.0. The number of nitrogens with two attached hydrogens (primary N) is 1. The summed E-state index contributed by atoms with van der Waals surface area (Å²) >= 11 is 0. The minimum Gasteiger partial charge on any atom is -0.496 e. The third-order valence-corrected chi connectivity index (χ3v) is 8.76. The summed E-state index contributed by atoms with van der Waals surface area (Å²) in [7, 11) is 3.22. The van der Waals surface area contributed by atoms with Crippen LogP contribution in [0.5, 0.6) is 23.0 Å². The Labute approximate surface area is 277 Å². The first kappa shape index (κ1) is 33.8. The van der Waals surface area contributed by atoms with E-state index < -0.39 is 6.23 Å². The van der Waals surface area contributed by atoms with E-state index in [4.69, 9.17) is 29.7 Å². The predicted molar refractivity (Wildman–Crippen MR) is 186 cm³/mol. The van der Waals surface area contributed by atoms with Gasteiger partial charge >= 0.3 is 0 Å². The summed E-state index contributed by atoms with van der Waals surface area (Å²) < 4.78 is 23.3. The number of aliphatic hydroxyl groups excluding tert-OH is 1. The van der Waals surface area contributed by atoms with Crippen molar-refractivity contribution in [2.45, 2.75) is 64.3 Å². The Balaban J connectivity index is 1.19. The monoisotopic (exact) mass is 641 g/mol. The van der Waals surface area contributed by atoms with Gasteiger partial charge in [0.05, 0.1) is 25.6 Å². The largest absolute Gasteiger partial charge is 0.496 e. The van der Waals surface area contributed by atoms with Crippen LogP contribution in [0.3, 0.4) is 0 Å². The lowest BCUT2D eigenvalue weighted by Gasteiger charge is -2.53. The van der Waals surface area contributed by atoms with Crippen molar-refractivity contribution in [1.82, 2.24) is 14.9 Å². The number of pyridine rings is 2. The van der Waals surface area contributed by atoms with Crippen molar-refractivity contribution < 1.29 is 24.1 Å². The van der Waals surface area contributed by atoms with Crippen molar-refractivity contribution in [3.05, 3.63) is 72.8 Å². The number of nitrogens with one attached hydrogen (secondary N) is 1. The molecule has 4 aromatic rings. The fourth-order valence-electron chi connectivity index (χ4n) is 6.50. The van der Waals surface area contributed by atoms with E-state index in [2.05, 4.69) is 42.9 Å². The van der Waals surface area contributed by atoms with E-state index in [9.17, 15) is 5.11 Å². The van der Waals surface area contributed by atoms with Crippen LogP contribution in [0.2, 0.25) is 0 Å². The molecule has 10 heteroatoms. The first-order valence-electron chi connectivity index (χ1n) is 16.0. The van der Waals surface area contributed by atoms with Crippen LogP contribution in [-0.4, -0.2) is 71.3 Å². The highest BCUT2D eigenvalue weighted by Gasteiger charge is 2.40. The zero-order chi connectivity index (χ0) is 33.6. The number of hydrogen-bond acceptors (Lipinski definition) is 10. The van der Waals surface area contributed by atoms with Gasteiger partial charge in [0.1, 0.15) is 47.8 Å². The molecule has 0 aliphatic carbocycles. The lowest BCUT2D eigenvalue weighted by molar-refractivity contribution is -0.0340. The van der Waals surface area contributed by atoms with E-state index in [1.165, 1.54) is 19.3 Å². The summed E-state index contributed by atoms with van der Waals surface area (Å²) in [5.74, 6) is 3.43. The van der Waals surface area contributed by atoms with Crippen molar-refractivity contribution >= 4 is 11.6 Å². The van der Waals surface area contributed by atoms with Gasteiger partial charge in [0.15, 0.2) is 6.23 Å². The minimum absolute atomic E-state index is 0.0217. The molecule has 1 fully saturated rings. The Morgan fingerprint density at radius 1 is 0.809 bits per heavy atom. The molecule has 1 saturated heterocycles. The number of rotatable bonds is 13. The number of nitrogens with zero attached hydrogens (tertiary/aromatic N) is 3. The van der Waals surface area contributed by atoms with Crippen LogP contribution in [-0.2, 0) is 0 Å². The van der Waals surface area contributed by atoms with Gasteiger partial charge in [0.2, 0.25) is 0 Å². The normalized spacial score (nSPS) is 16.2. The van der Waals surface area contributed by atoms with Gasteiger partial charge in [-0.1, -0.05) is 12.1 Å². The van der Waals surface area contributed by atoms with Gasteiger partial charge in [-0.15, -0.1) is 0 Å². The SMILES string of the molecule is COc1cc(OCC(O)Nc2cccc(-c3ccc(OCCN4C(C)(C)CCCC4(C)C)cc3OC)n2)ccc1-c1cccc(N)n1. The van der Waals surface area contributed by atoms with E-state index in [0.29, 0.717) is 46.9 Å². The highest BCUT2D eigenvalue weighted by atomic mass is 16.5. The zero-order valence-electron chi connectivity index (χ0n) is 28.2. The Morgan fingerprint density at radius 3 is 1.98 bits per heavy atom. The van der Waals surface area contributed by atoms with Crippen LogP contribution in [0, 0.1) is 0 Å². The number of likely N-dealkylation sites (tertiary alicyclic amines) is 1. The topological polar surface area (TPSA) is 124 Å².